The number of benzene rings is 3. The van der Waals surface area contributed by atoms with Crippen LogP contribution in [0.3, 0.4) is 0 Å². The Labute approximate surface area is 337 Å². The van der Waals surface area contributed by atoms with Gasteiger partial charge in [0.15, 0.2) is 5.71 Å². The molecule has 0 fully saturated rings. The van der Waals surface area contributed by atoms with E-state index in [1.54, 1.807) is 11.8 Å². The molecule has 0 saturated carbocycles. The fraction of sp³-hybridized carbons (Fsp3) is 0.386. The second-order valence-corrected chi connectivity index (χ2v) is 20.1. The number of hydrogen-bond donors (Lipinski definition) is 3. The van der Waals surface area contributed by atoms with Crippen molar-refractivity contribution in [2.45, 2.75) is 88.4 Å². The van der Waals surface area contributed by atoms with Crippen molar-refractivity contribution in [3.05, 3.63) is 130 Å². The van der Waals surface area contributed by atoms with Gasteiger partial charge in [-0.05, 0) is 105 Å². The van der Waals surface area contributed by atoms with Gasteiger partial charge in [0, 0.05) is 63.0 Å². The smallest absolute Gasteiger partial charge is 0.264 e. The normalized spacial score (nSPS) is 19.4. The predicted octanol–water partition coefficient (Wildman–Crippen LogP) is 9.38. The third kappa shape index (κ3) is 9.59. The minimum atomic E-state index is -4.02. The summed E-state index contributed by atoms with van der Waals surface area (Å²) in [6.45, 7) is 10.2. The second-order valence-electron chi connectivity index (χ2n) is 15.9. The summed E-state index contributed by atoms with van der Waals surface area (Å²) in [5.41, 5.74) is 15.7. The molecule has 0 atom stereocenters. The summed E-state index contributed by atoms with van der Waals surface area (Å²) in [6.07, 6.45) is 13.8. The van der Waals surface area contributed by atoms with Crippen molar-refractivity contribution in [3.8, 4) is 0 Å². The maximum Gasteiger partial charge on any atom is 0.264 e. The van der Waals surface area contributed by atoms with Crippen LogP contribution in [0, 0.1) is 0 Å². The van der Waals surface area contributed by atoms with Gasteiger partial charge in [-0.1, -0.05) is 74.2 Å². The fourth-order valence-corrected chi connectivity index (χ4v) is 10.5. The molecule has 0 saturated heterocycles. The summed E-state index contributed by atoms with van der Waals surface area (Å²) < 4.78 is 66.8. The van der Waals surface area contributed by atoms with Crippen LogP contribution < -0.4 is 10.6 Å². The van der Waals surface area contributed by atoms with Gasteiger partial charge in [-0.15, -0.1) is 0 Å². The number of nitrogen functional groups attached to an aromatic ring is 1. The molecule has 0 bridgehead atoms. The van der Waals surface area contributed by atoms with Crippen LogP contribution in [0.25, 0.3) is 0 Å². The van der Waals surface area contributed by atoms with Crippen molar-refractivity contribution in [1.82, 2.24) is 0 Å². The molecule has 2 heterocycles. The summed E-state index contributed by atoms with van der Waals surface area (Å²) in [4.78, 5) is 4.60. The highest BCUT2D eigenvalue weighted by Crippen LogP contribution is 2.49. The van der Waals surface area contributed by atoms with Gasteiger partial charge < -0.3 is 10.6 Å². The lowest BCUT2D eigenvalue weighted by Crippen LogP contribution is -2.28. The Morgan fingerprint density at radius 1 is 0.768 bits per heavy atom. The van der Waals surface area contributed by atoms with Crippen molar-refractivity contribution in [3.63, 3.8) is 0 Å². The molecule has 56 heavy (non-hydrogen) atoms. The Hall–Kier alpha value is -3.94. The first kappa shape index (κ1) is 41.7. The standard InChI is InChI=1S/C44H53N3O6S3/c1-43(2)36-16-5-7-18-38(36)46(28-9-11-30-55(48,49)50)40(43)26-20-32-14-13-15-33(42(32)54-35-24-22-34(45)23-25-35)21-27-41-44(3,4)37-17-6-8-19-39(37)47(41)29-10-12-31-56(51,52)53/h5-8,16-27H,9-15,28-31,45H2,1-4H3,(H-,48,49,50,51,52,53)/p+1. The minimum Gasteiger partial charge on any atom is -0.399 e. The van der Waals surface area contributed by atoms with Gasteiger partial charge in [-0.25, -0.2) is 0 Å². The number of nitrogens with zero attached hydrogens (tertiary/aromatic N) is 2. The molecule has 9 nitrogen and oxygen atoms in total. The van der Waals surface area contributed by atoms with Gasteiger partial charge in [0.25, 0.3) is 20.2 Å². The zero-order chi connectivity index (χ0) is 40.3. The lowest BCUT2D eigenvalue weighted by atomic mass is 9.81. The number of unbranched alkanes of at least 4 members (excludes halogenated alkanes) is 2. The van der Waals surface area contributed by atoms with Gasteiger partial charge in [-0.2, -0.15) is 21.4 Å². The summed E-state index contributed by atoms with van der Waals surface area (Å²) in [6, 6.07) is 24.7. The number of allylic oxidation sites excluding steroid dienone is 7. The molecular formula is C44H54N3O6S3+. The van der Waals surface area contributed by atoms with Crippen LogP contribution in [0.5, 0.6) is 0 Å². The van der Waals surface area contributed by atoms with E-state index in [-0.39, 0.29) is 22.3 Å². The zero-order valence-corrected chi connectivity index (χ0v) is 35.2. The van der Waals surface area contributed by atoms with E-state index in [9.17, 15) is 25.9 Å². The van der Waals surface area contributed by atoms with E-state index in [1.165, 1.54) is 27.2 Å². The van der Waals surface area contributed by atoms with Crippen molar-refractivity contribution in [2.75, 3.05) is 35.2 Å². The average Bonchev–Trinajstić information content (AvgIpc) is 3.49. The molecular weight excluding hydrogens is 763 g/mol. The highest BCUT2D eigenvalue weighted by atomic mass is 32.2. The second kappa shape index (κ2) is 16.9. The Bertz CT molecular complexity index is 2340. The monoisotopic (exact) mass is 816 g/mol. The molecule has 298 valence electrons. The molecule has 0 unspecified atom stereocenters. The summed E-state index contributed by atoms with van der Waals surface area (Å²) in [5, 5.41) is 0. The van der Waals surface area contributed by atoms with Crippen molar-refractivity contribution in [1.29, 1.82) is 0 Å². The first-order chi connectivity index (χ1) is 26.5. The van der Waals surface area contributed by atoms with Crippen LogP contribution in [0.15, 0.2) is 124 Å². The van der Waals surface area contributed by atoms with Crippen LogP contribution in [0.1, 0.15) is 83.8 Å². The fourth-order valence-electron chi connectivity index (χ4n) is 8.24. The summed E-state index contributed by atoms with van der Waals surface area (Å²) in [5.74, 6) is -0.508. The largest absolute Gasteiger partial charge is 0.399 e. The lowest BCUT2D eigenvalue weighted by Gasteiger charge is -2.27. The van der Waals surface area contributed by atoms with E-state index >= 15 is 0 Å². The van der Waals surface area contributed by atoms with Crippen molar-refractivity contribution in [2.24, 2.45) is 0 Å². The first-order valence-electron chi connectivity index (χ1n) is 19.3. The van der Waals surface area contributed by atoms with Gasteiger partial charge >= 0.3 is 0 Å². The number of fused-ring (bicyclic) bond motifs is 2. The van der Waals surface area contributed by atoms with Crippen LogP contribution in [0.4, 0.5) is 17.1 Å². The summed E-state index contributed by atoms with van der Waals surface area (Å²) in [7, 11) is -8.04. The molecule has 6 rings (SSSR count). The highest BCUT2D eigenvalue weighted by molar-refractivity contribution is 8.03. The Kier molecular flexibility index (Phi) is 12.6. The van der Waals surface area contributed by atoms with E-state index in [1.807, 2.05) is 24.3 Å². The van der Waals surface area contributed by atoms with Gasteiger partial charge in [0.1, 0.15) is 6.54 Å². The Morgan fingerprint density at radius 2 is 1.41 bits per heavy atom. The molecule has 0 amide bonds. The molecule has 12 heteroatoms. The number of rotatable bonds is 15. The molecule has 2 aliphatic heterocycles. The van der Waals surface area contributed by atoms with E-state index in [0.717, 1.165) is 46.9 Å². The van der Waals surface area contributed by atoms with Crippen molar-refractivity contribution >= 4 is 54.8 Å². The molecule has 0 aromatic heterocycles. The van der Waals surface area contributed by atoms with E-state index in [2.05, 4.69) is 110 Å². The SMILES string of the molecule is CC1(C)C(/C=C/C2=C(Sc3ccc(N)cc3)C(=C/C=C3/N(CCCCS(=O)(=O)O)c4ccccc4C3(C)C)/CCC2)=[N+](CCCCS(=O)(=O)O)c2ccccc21. The van der Waals surface area contributed by atoms with Crippen LogP contribution in [-0.4, -0.2) is 60.8 Å². The van der Waals surface area contributed by atoms with E-state index in [0.29, 0.717) is 44.5 Å². The minimum absolute atomic E-state index is 0.254. The molecule has 0 spiro atoms. The van der Waals surface area contributed by atoms with Gasteiger partial charge in [0.05, 0.1) is 16.9 Å². The molecule has 3 aliphatic rings. The Morgan fingerprint density at radius 3 is 2.11 bits per heavy atom. The molecule has 1 aliphatic carbocycles. The number of para-hydroxylation sites is 2. The Balaban J connectivity index is 1.40. The quantitative estimate of drug-likeness (QED) is 0.0592. The maximum absolute atomic E-state index is 11.5. The topological polar surface area (TPSA) is 141 Å². The van der Waals surface area contributed by atoms with Crippen LogP contribution >= 0.6 is 11.8 Å². The molecule has 4 N–H and O–H groups in total. The maximum atomic E-state index is 11.5. The molecule has 3 aromatic rings. The van der Waals surface area contributed by atoms with Crippen LogP contribution in [-0.2, 0) is 31.1 Å². The third-order valence-corrected chi connectivity index (χ3v) is 14.0. The lowest BCUT2D eigenvalue weighted by molar-refractivity contribution is -0.438. The zero-order valence-electron chi connectivity index (χ0n) is 32.7. The van der Waals surface area contributed by atoms with Gasteiger partial charge in [-0.3, -0.25) is 9.11 Å². The number of hydrogen-bond acceptors (Lipinski definition) is 7. The number of thioether (sulfide) groups is 1. The molecule has 3 aromatic carbocycles. The highest BCUT2D eigenvalue weighted by Gasteiger charge is 2.44. The number of nitrogens with two attached hydrogens (primary N) is 1. The van der Waals surface area contributed by atoms with Gasteiger partial charge in [0.2, 0.25) is 5.69 Å². The summed E-state index contributed by atoms with van der Waals surface area (Å²) >= 11 is 1.75. The average molecular weight is 817 g/mol. The van der Waals surface area contributed by atoms with E-state index < -0.39 is 20.2 Å². The third-order valence-electron chi connectivity index (χ3n) is 11.1. The van der Waals surface area contributed by atoms with E-state index in [4.69, 9.17) is 5.73 Å². The predicted molar refractivity (Wildman–Crippen MR) is 230 cm³/mol. The molecule has 0 radical (unpaired) electrons. The van der Waals surface area contributed by atoms with Crippen LogP contribution in [0.2, 0.25) is 0 Å². The number of anilines is 2. The van der Waals surface area contributed by atoms with Crippen molar-refractivity contribution < 1.29 is 30.5 Å². The first-order valence-corrected chi connectivity index (χ1v) is 23.4.